The lowest BCUT2D eigenvalue weighted by atomic mass is 10.3. The maximum atomic E-state index is 12.2. The fourth-order valence-corrected chi connectivity index (χ4v) is 3.31. The second-order valence-corrected chi connectivity index (χ2v) is 6.68. The molecular formula is C12H16BrN3O2S. The lowest BCUT2D eigenvalue weighted by Crippen LogP contribution is -2.53. The van der Waals surface area contributed by atoms with Crippen molar-refractivity contribution in [1.82, 2.24) is 15.1 Å². The van der Waals surface area contributed by atoms with Gasteiger partial charge in [-0.2, -0.15) is 0 Å². The van der Waals surface area contributed by atoms with Crippen molar-refractivity contribution in [1.29, 1.82) is 0 Å². The number of hydrogen-bond donors (Lipinski definition) is 1. The third-order valence-electron chi connectivity index (χ3n) is 2.97. The van der Waals surface area contributed by atoms with Gasteiger partial charge in [-0.1, -0.05) is 0 Å². The SMILES string of the molecule is CCNC(=O)N1CCN(C(=O)c2ccc(Br)s2)CC1. The number of nitrogens with zero attached hydrogens (tertiary/aromatic N) is 2. The van der Waals surface area contributed by atoms with Crippen molar-refractivity contribution < 1.29 is 9.59 Å². The lowest BCUT2D eigenvalue weighted by Gasteiger charge is -2.34. The Hall–Kier alpha value is -1.08. The molecule has 1 N–H and O–H groups in total. The standard InChI is InChI=1S/C12H16BrN3O2S/c1-2-14-12(18)16-7-5-15(6-8-16)11(17)9-3-4-10(13)19-9/h3-4H,2,5-8H2,1H3,(H,14,18). The molecule has 0 aromatic carbocycles. The number of nitrogens with one attached hydrogen (secondary N) is 1. The van der Waals surface area contributed by atoms with Crippen LogP contribution in [0.2, 0.25) is 0 Å². The molecule has 5 nitrogen and oxygen atoms in total. The van der Waals surface area contributed by atoms with E-state index in [1.807, 2.05) is 19.1 Å². The molecule has 7 heteroatoms. The van der Waals surface area contributed by atoms with Gasteiger partial charge in [0.15, 0.2) is 0 Å². The van der Waals surface area contributed by atoms with E-state index in [4.69, 9.17) is 0 Å². The van der Waals surface area contributed by atoms with Gasteiger partial charge in [-0.3, -0.25) is 4.79 Å². The first-order valence-corrected chi connectivity index (χ1v) is 7.80. The number of amides is 3. The zero-order chi connectivity index (χ0) is 13.8. The quantitative estimate of drug-likeness (QED) is 0.891. The molecule has 3 amide bonds. The zero-order valence-electron chi connectivity index (χ0n) is 10.7. The highest BCUT2D eigenvalue weighted by Crippen LogP contribution is 2.23. The van der Waals surface area contributed by atoms with Crippen LogP contribution in [0.4, 0.5) is 4.79 Å². The first kappa shape index (κ1) is 14.3. The van der Waals surface area contributed by atoms with E-state index in [2.05, 4.69) is 21.2 Å². The molecule has 2 heterocycles. The Morgan fingerprint density at radius 3 is 2.42 bits per heavy atom. The summed E-state index contributed by atoms with van der Waals surface area (Å²) in [7, 11) is 0. The van der Waals surface area contributed by atoms with Gasteiger partial charge in [-0.05, 0) is 35.0 Å². The van der Waals surface area contributed by atoms with Crippen molar-refractivity contribution in [3.05, 3.63) is 20.8 Å². The van der Waals surface area contributed by atoms with Crippen molar-refractivity contribution in [2.45, 2.75) is 6.92 Å². The highest BCUT2D eigenvalue weighted by molar-refractivity contribution is 9.11. The van der Waals surface area contributed by atoms with Crippen LogP contribution in [0.1, 0.15) is 16.6 Å². The molecule has 0 radical (unpaired) electrons. The van der Waals surface area contributed by atoms with Crippen LogP contribution in [0.25, 0.3) is 0 Å². The van der Waals surface area contributed by atoms with Crippen molar-refractivity contribution >= 4 is 39.2 Å². The molecule has 19 heavy (non-hydrogen) atoms. The fourth-order valence-electron chi connectivity index (χ4n) is 1.96. The van der Waals surface area contributed by atoms with Crippen LogP contribution >= 0.6 is 27.3 Å². The number of urea groups is 1. The van der Waals surface area contributed by atoms with Crippen LogP contribution in [-0.4, -0.2) is 54.5 Å². The largest absolute Gasteiger partial charge is 0.338 e. The lowest BCUT2D eigenvalue weighted by molar-refractivity contribution is 0.0670. The summed E-state index contributed by atoms with van der Waals surface area (Å²) in [5, 5.41) is 2.77. The summed E-state index contributed by atoms with van der Waals surface area (Å²) in [6.45, 7) is 4.87. The minimum Gasteiger partial charge on any atom is -0.338 e. The average Bonchev–Trinajstić information content (AvgIpc) is 2.85. The van der Waals surface area contributed by atoms with Crippen LogP contribution in [0.3, 0.4) is 0 Å². The first-order valence-electron chi connectivity index (χ1n) is 6.19. The number of piperazine rings is 1. The number of thiophene rings is 1. The van der Waals surface area contributed by atoms with E-state index in [9.17, 15) is 9.59 Å². The molecule has 1 aromatic heterocycles. The minimum atomic E-state index is -0.0477. The van der Waals surface area contributed by atoms with Crippen LogP contribution in [0.15, 0.2) is 15.9 Å². The summed E-state index contributed by atoms with van der Waals surface area (Å²) in [5.74, 6) is 0.0475. The summed E-state index contributed by atoms with van der Waals surface area (Å²) in [6.07, 6.45) is 0. The first-order chi connectivity index (χ1) is 9.11. The van der Waals surface area contributed by atoms with E-state index >= 15 is 0 Å². The summed E-state index contributed by atoms with van der Waals surface area (Å²) >= 11 is 4.79. The summed E-state index contributed by atoms with van der Waals surface area (Å²) < 4.78 is 0.955. The molecule has 0 spiro atoms. The van der Waals surface area contributed by atoms with Crippen LogP contribution < -0.4 is 5.32 Å². The summed E-state index contributed by atoms with van der Waals surface area (Å²) in [6, 6.07) is 3.66. The Morgan fingerprint density at radius 1 is 1.26 bits per heavy atom. The molecule has 0 saturated carbocycles. The van der Waals surface area contributed by atoms with Gasteiger partial charge in [0.1, 0.15) is 0 Å². The van der Waals surface area contributed by atoms with Gasteiger partial charge in [0, 0.05) is 32.7 Å². The molecule has 1 aliphatic rings. The smallest absolute Gasteiger partial charge is 0.317 e. The molecule has 0 unspecified atom stereocenters. The van der Waals surface area contributed by atoms with E-state index in [-0.39, 0.29) is 11.9 Å². The monoisotopic (exact) mass is 345 g/mol. The highest BCUT2D eigenvalue weighted by atomic mass is 79.9. The van der Waals surface area contributed by atoms with E-state index in [0.29, 0.717) is 32.7 Å². The van der Waals surface area contributed by atoms with Crippen LogP contribution in [0, 0.1) is 0 Å². The molecule has 1 aliphatic heterocycles. The van der Waals surface area contributed by atoms with Gasteiger partial charge in [0.05, 0.1) is 8.66 Å². The van der Waals surface area contributed by atoms with Gasteiger partial charge >= 0.3 is 6.03 Å². The van der Waals surface area contributed by atoms with Crippen LogP contribution in [-0.2, 0) is 0 Å². The molecule has 0 bridgehead atoms. The summed E-state index contributed by atoms with van der Waals surface area (Å²) in [5.41, 5.74) is 0. The third-order valence-corrected chi connectivity index (χ3v) is 4.58. The molecule has 2 rings (SSSR count). The normalized spacial score (nSPS) is 15.5. The molecule has 0 aliphatic carbocycles. The molecular weight excluding hydrogens is 330 g/mol. The topological polar surface area (TPSA) is 52.7 Å². The minimum absolute atomic E-state index is 0.0475. The maximum Gasteiger partial charge on any atom is 0.317 e. The van der Waals surface area contributed by atoms with E-state index in [0.717, 1.165) is 8.66 Å². The predicted octanol–water partition coefficient (Wildman–Crippen LogP) is 2.00. The maximum absolute atomic E-state index is 12.2. The molecule has 0 atom stereocenters. The number of rotatable bonds is 2. The predicted molar refractivity (Wildman–Crippen MR) is 78.6 cm³/mol. The zero-order valence-corrected chi connectivity index (χ0v) is 13.1. The van der Waals surface area contributed by atoms with Crippen molar-refractivity contribution in [3.63, 3.8) is 0 Å². The molecule has 1 saturated heterocycles. The van der Waals surface area contributed by atoms with Gasteiger partial charge in [-0.25, -0.2) is 4.79 Å². The fraction of sp³-hybridized carbons (Fsp3) is 0.500. The van der Waals surface area contributed by atoms with Crippen LogP contribution in [0.5, 0.6) is 0 Å². The number of carbonyl (C=O) groups is 2. The van der Waals surface area contributed by atoms with Gasteiger partial charge in [0.25, 0.3) is 5.91 Å². The molecule has 1 aromatic rings. The highest BCUT2D eigenvalue weighted by Gasteiger charge is 2.25. The third kappa shape index (κ3) is 3.48. The number of carbonyl (C=O) groups excluding carboxylic acids is 2. The van der Waals surface area contributed by atoms with Gasteiger partial charge in [0.2, 0.25) is 0 Å². The Kier molecular flexibility index (Phi) is 4.81. The van der Waals surface area contributed by atoms with E-state index in [1.165, 1.54) is 11.3 Å². The van der Waals surface area contributed by atoms with E-state index < -0.39 is 0 Å². The summed E-state index contributed by atoms with van der Waals surface area (Å²) in [4.78, 5) is 28.1. The number of hydrogen-bond acceptors (Lipinski definition) is 3. The number of halogens is 1. The molecule has 104 valence electrons. The Balaban J connectivity index is 1.89. The molecule has 1 fully saturated rings. The van der Waals surface area contributed by atoms with Crippen molar-refractivity contribution in [2.24, 2.45) is 0 Å². The average molecular weight is 346 g/mol. The van der Waals surface area contributed by atoms with E-state index in [1.54, 1.807) is 9.80 Å². The second kappa shape index (κ2) is 6.38. The Labute approximate surface area is 124 Å². The Bertz CT molecular complexity index is 469. The van der Waals surface area contributed by atoms with Crippen molar-refractivity contribution in [2.75, 3.05) is 32.7 Å². The Morgan fingerprint density at radius 2 is 1.89 bits per heavy atom. The van der Waals surface area contributed by atoms with Crippen molar-refractivity contribution in [3.8, 4) is 0 Å². The van der Waals surface area contributed by atoms with Gasteiger partial charge < -0.3 is 15.1 Å². The second-order valence-electron chi connectivity index (χ2n) is 4.22. The van der Waals surface area contributed by atoms with Gasteiger partial charge in [-0.15, -0.1) is 11.3 Å².